The molecule has 0 spiro atoms. The molecule has 1 heterocycles. The number of hydrogen-bond donors (Lipinski definition) is 0. The zero-order valence-electron chi connectivity index (χ0n) is 10.3. The van der Waals surface area contributed by atoms with E-state index < -0.39 is 5.41 Å². The first-order valence-corrected chi connectivity index (χ1v) is 5.99. The number of carbonyl (C=O) groups excluding carboxylic acids is 2. The lowest BCUT2D eigenvalue weighted by Crippen LogP contribution is -2.24. The van der Waals surface area contributed by atoms with Crippen molar-refractivity contribution in [3.8, 4) is 5.75 Å². The normalized spacial score (nSPS) is 32.7. The van der Waals surface area contributed by atoms with E-state index in [9.17, 15) is 9.59 Å². The molecule has 0 aromatic heterocycles. The number of esters is 1. The Morgan fingerprint density at radius 2 is 2.06 bits per heavy atom. The zero-order chi connectivity index (χ0) is 12.9. The Balaban J connectivity index is 1.89. The molecule has 2 aliphatic rings. The van der Waals surface area contributed by atoms with Gasteiger partial charge in [-0.15, -0.1) is 0 Å². The number of Topliss-reactive ketones (excluding diaryl/α,β-unsaturated/α-hetero) is 1. The number of rotatable bonds is 3. The molecule has 0 amide bonds. The number of cyclic esters (lactones) is 1. The van der Waals surface area contributed by atoms with E-state index in [0.717, 1.165) is 0 Å². The highest BCUT2D eigenvalue weighted by Gasteiger charge is 2.73. The van der Waals surface area contributed by atoms with Gasteiger partial charge >= 0.3 is 5.97 Å². The van der Waals surface area contributed by atoms with E-state index in [1.165, 1.54) is 0 Å². The maximum absolute atomic E-state index is 12.4. The van der Waals surface area contributed by atoms with Crippen LogP contribution in [0.1, 0.15) is 23.7 Å². The van der Waals surface area contributed by atoms with Gasteiger partial charge in [-0.2, -0.15) is 0 Å². The Hall–Kier alpha value is -1.84. The first-order chi connectivity index (χ1) is 8.59. The molecule has 1 saturated heterocycles. The largest absolute Gasteiger partial charge is 0.497 e. The van der Waals surface area contributed by atoms with Crippen molar-refractivity contribution >= 4 is 11.8 Å². The van der Waals surface area contributed by atoms with E-state index in [2.05, 4.69) is 0 Å². The highest BCUT2D eigenvalue weighted by Crippen LogP contribution is 2.62. The minimum absolute atomic E-state index is 0.0552. The molecule has 0 bridgehead atoms. The lowest BCUT2D eigenvalue weighted by atomic mass is 9.93. The van der Waals surface area contributed by atoms with Crippen LogP contribution in [0.3, 0.4) is 0 Å². The summed E-state index contributed by atoms with van der Waals surface area (Å²) < 4.78 is 10.2. The van der Waals surface area contributed by atoms with Crippen LogP contribution >= 0.6 is 0 Å². The number of methoxy groups -OCH3 is 1. The highest BCUT2D eigenvalue weighted by molar-refractivity contribution is 6.16. The summed E-state index contributed by atoms with van der Waals surface area (Å²) in [5, 5.41) is 0. The molecule has 2 fully saturated rings. The smallest absolute Gasteiger partial charge is 0.320 e. The molecule has 94 valence electrons. The number of benzene rings is 1. The maximum Gasteiger partial charge on any atom is 0.320 e. The summed E-state index contributed by atoms with van der Waals surface area (Å²) in [4.78, 5) is 24.2. The van der Waals surface area contributed by atoms with E-state index in [-0.39, 0.29) is 23.8 Å². The average molecular weight is 246 g/mol. The van der Waals surface area contributed by atoms with E-state index in [1.54, 1.807) is 31.4 Å². The van der Waals surface area contributed by atoms with Crippen molar-refractivity contribution in [1.29, 1.82) is 0 Å². The molecule has 1 aliphatic heterocycles. The van der Waals surface area contributed by atoms with Crippen LogP contribution in [0.4, 0.5) is 0 Å². The van der Waals surface area contributed by atoms with Crippen LogP contribution in [0.25, 0.3) is 0 Å². The molecular formula is C14H14O4. The van der Waals surface area contributed by atoms with E-state index in [0.29, 0.717) is 17.7 Å². The molecule has 1 saturated carbocycles. The second kappa shape index (κ2) is 3.57. The van der Waals surface area contributed by atoms with Crippen LogP contribution in [-0.4, -0.2) is 25.0 Å². The molecule has 0 unspecified atom stereocenters. The third kappa shape index (κ3) is 1.32. The molecule has 18 heavy (non-hydrogen) atoms. The summed E-state index contributed by atoms with van der Waals surface area (Å²) in [6.07, 6.45) is 0.484. The van der Waals surface area contributed by atoms with Gasteiger partial charge < -0.3 is 9.47 Å². The SMILES string of the molecule is COc1ccc(C(=O)[C@]23C[C@H]2[C@H](C)OC3=O)cc1. The van der Waals surface area contributed by atoms with Gasteiger partial charge in [0.15, 0.2) is 5.78 Å². The molecule has 3 rings (SSSR count). The summed E-state index contributed by atoms with van der Waals surface area (Å²) in [6.45, 7) is 1.85. The Bertz CT molecular complexity index is 519. The quantitative estimate of drug-likeness (QED) is 0.464. The number of hydrogen-bond acceptors (Lipinski definition) is 4. The third-order valence-corrected chi connectivity index (χ3v) is 4.00. The van der Waals surface area contributed by atoms with Gasteiger partial charge in [0.1, 0.15) is 17.3 Å². The van der Waals surface area contributed by atoms with Gasteiger partial charge in [-0.05, 0) is 37.6 Å². The molecule has 4 nitrogen and oxygen atoms in total. The molecule has 4 heteroatoms. The number of ether oxygens (including phenoxy) is 2. The summed E-state index contributed by atoms with van der Waals surface area (Å²) in [5.41, 5.74) is -0.349. The first-order valence-electron chi connectivity index (χ1n) is 5.99. The number of carbonyl (C=O) groups is 2. The predicted molar refractivity (Wildman–Crippen MR) is 63.4 cm³/mol. The van der Waals surface area contributed by atoms with Crippen molar-refractivity contribution in [3.05, 3.63) is 29.8 Å². The Labute approximate surface area is 105 Å². The maximum atomic E-state index is 12.4. The highest BCUT2D eigenvalue weighted by atomic mass is 16.6. The van der Waals surface area contributed by atoms with Gasteiger partial charge in [0.25, 0.3) is 0 Å². The topological polar surface area (TPSA) is 52.6 Å². The fourth-order valence-electron chi connectivity index (χ4n) is 2.80. The van der Waals surface area contributed by atoms with Gasteiger partial charge in [0.05, 0.1) is 7.11 Å². The van der Waals surface area contributed by atoms with Crippen molar-refractivity contribution < 1.29 is 19.1 Å². The Morgan fingerprint density at radius 1 is 1.39 bits per heavy atom. The monoisotopic (exact) mass is 246 g/mol. The third-order valence-electron chi connectivity index (χ3n) is 4.00. The molecule has 1 aliphatic carbocycles. The molecule has 3 atom stereocenters. The summed E-state index contributed by atoms with van der Waals surface area (Å²) in [7, 11) is 1.57. The Kier molecular flexibility index (Phi) is 2.24. The van der Waals surface area contributed by atoms with Gasteiger partial charge in [-0.3, -0.25) is 9.59 Å². The second-order valence-corrected chi connectivity index (χ2v) is 4.95. The summed E-state index contributed by atoms with van der Waals surface area (Å²) in [6, 6.07) is 6.85. The van der Waals surface area contributed by atoms with Crippen LogP contribution in [0.5, 0.6) is 5.75 Å². The van der Waals surface area contributed by atoms with Crippen molar-refractivity contribution in [1.82, 2.24) is 0 Å². The molecule has 0 radical (unpaired) electrons. The number of fused-ring (bicyclic) bond motifs is 1. The van der Waals surface area contributed by atoms with E-state index in [4.69, 9.17) is 9.47 Å². The van der Waals surface area contributed by atoms with Crippen molar-refractivity contribution in [2.24, 2.45) is 11.3 Å². The standard InChI is InChI=1S/C14H14O4/c1-8-11-7-14(11,13(16)18-8)12(15)9-3-5-10(17-2)6-4-9/h3-6,8,11H,7H2,1-2H3/t8-,11-,14-/m0/s1. The first kappa shape index (κ1) is 11.3. The van der Waals surface area contributed by atoms with Gasteiger partial charge in [0.2, 0.25) is 0 Å². The molecule has 0 N–H and O–H groups in total. The van der Waals surface area contributed by atoms with E-state index in [1.807, 2.05) is 6.92 Å². The molecule has 1 aromatic carbocycles. The van der Waals surface area contributed by atoms with Crippen molar-refractivity contribution in [2.45, 2.75) is 19.4 Å². The van der Waals surface area contributed by atoms with Crippen molar-refractivity contribution in [2.75, 3.05) is 7.11 Å². The second-order valence-electron chi connectivity index (χ2n) is 4.95. The molecule has 1 aromatic rings. The summed E-state index contributed by atoms with van der Waals surface area (Å²) in [5.74, 6) is 0.267. The van der Waals surface area contributed by atoms with Gasteiger partial charge in [-0.25, -0.2) is 0 Å². The fraction of sp³-hybridized carbons (Fsp3) is 0.429. The average Bonchev–Trinajstić information content (AvgIpc) is 3.09. The van der Waals surface area contributed by atoms with Crippen LogP contribution in [-0.2, 0) is 9.53 Å². The van der Waals surface area contributed by atoms with Crippen LogP contribution in [0.2, 0.25) is 0 Å². The van der Waals surface area contributed by atoms with Crippen LogP contribution in [0, 0.1) is 11.3 Å². The van der Waals surface area contributed by atoms with E-state index >= 15 is 0 Å². The van der Waals surface area contributed by atoms with Gasteiger partial charge in [0, 0.05) is 11.5 Å². The zero-order valence-corrected chi connectivity index (χ0v) is 10.3. The van der Waals surface area contributed by atoms with Crippen LogP contribution in [0.15, 0.2) is 24.3 Å². The summed E-state index contributed by atoms with van der Waals surface area (Å²) >= 11 is 0. The lowest BCUT2D eigenvalue weighted by Gasteiger charge is -2.09. The predicted octanol–water partition coefficient (Wildman–Crippen LogP) is 1.83. The fourth-order valence-corrected chi connectivity index (χ4v) is 2.80. The number of ketones is 1. The minimum Gasteiger partial charge on any atom is -0.497 e. The molecular weight excluding hydrogens is 232 g/mol. The van der Waals surface area contributed by atoms with Crippen molar-refractivity contribution in [3.63, 3.8) is 0 Å². The lowest BCUT2D eigenvalue weighted by molar-refractivity contribution is -0.146. The van der Waals surface area contributed by atoms with Crippen LogP contribution < -0.4 is 4.74 Å². The Morgan fingerprint density at radius 3 is 2.50 bits per heavy atom. The van der Waals surface area contributed by atoms with Gasteiger partial charge in [-0.1, -0.05) is 0 Å². The minimum atomic E-state index is -0.895.